The first-order valence-corrected chi connectivity index (χ1v) is 6.92. The van der Waals surface area contributed by atoms with Gasteiger partial charge in [-0.25, -0.2) is 0 Å². The van der Waals surface area contributed by atoms with Gasteiger partial charge in [-0.05, 0) is 39.3 Å². The fourth-order valence-corrected chi connectivity index (χ4v) is 1.72. The highest BCUT2D eigenvalue weighted by molar-refractivity contribution is 5.65. The van der Waals surface area contributed by atoms with Crippen molar-refractivity contribution in [2.24, 2.45) is 5.92 Å². The van der Waals surface area contributed by atoms with Gasteiger partial charge in [-0.1, -0.05) is 36.5 Å². The second kappa shape index (κ2) is 10.9. The summed E-state index contributed by atoms with van der Waals surface area (Å²) in [6.07, 6.45) is 9.87. The molecule has 0 aliphatic carbocycles. The normalized spacial score (nSPS) is 15.2. The highest BCUT2D eigenvalue weighted by atomic mass is 16.5. The standard InChI is InChI=1S/C18H26O3/c1-7-9-14(2)16(4)21-17(5)18(10-8-12-19)15(3)11-13-20-6/h7-12,18H,5,13H2,1-4,6H3/b9-7-,10-8+,15-11+,16-14+. The Kier molecular flexibility index (Phi) is 9.90. The number of carbonyl (C=O) groups is 1. The highest BCUT2D eigenvalue weighted by Crippen LogP contribution is 2.24. The van der Waals surface area contributed by atoms with E-state index in [-0.39, 0.29) is 5.92 Å². The number of aldehydes is 1. The van der Waals surface area contributed by atoms with Crippen LogP contribution in [0.4, 0.5) is 0 Å². The number of allylic oxidation sites excluding steroid dienone is 6. The molecule has 21 heavy (non-hydrogen) atoms. The van der Waals surface area contributed by atoms with Crippen LogP contribution >= 0.6 is 0 Å². The minimum atomic E-state index is -0.154. The summed E-state index contributed by atoms with van der Waals surface area (Å²) in [6.45, 7) is 12.3. The lowest BCUT2D eigenvalue weighted by molar-refractivity contribution is -0.104. The number of ether oxygens (including phenoxy) is 2. The zero-order valence-corrected chi connectivity index (χ0v) is 13.7. The molecule has 0 bridgehead atoms. The van der Waals surface area contributed by atoms with E-state index in [1.807, 2.05) is 45.9 Å². The van der Waals surface area contributed by atoms with Crippen LogP contribution in [0.25, 0.3) is 0 Å². The Hall–Kier alpha value is -1.87. The maximum absolute atomic E-state index is 10.6. The second-order valence-corrected chi connectivity index (χ2v) is 4.71. The molecule has 0 aliphatic rings. The molecule has 0 radical (unpaired) electrons. The van der Waals surface area contributed by atoms with E-state index in [2.05, 4.69) is 6.58 Å². The van der Waals surface area contributed by atoms with E-state index in [0.717, 1.165) is 23.2 Å². The zero-order chi connectivity index (χ0) is 16.3. The van der Waals surface area contributed by atoms with Crippen molar-refractivity contribution in [1.82, 2.24) is 0 Å². The predicted molar refractivity (Wildman–Crippen MR) is 87.7 cm³/mol. The minimum Gasteiger partial charge on any atom is -0.466 e. The summed E-state index contributed by atoms with van der Waals surface area (Å²) in [4.78, 5) is 10.6. The van der Waals surface area contributed by atoms with Crippen molar-refractivity contribution in [3.05, 3.63) is 59.6 Å². The van der Waals surface area contributed by atoms with Gasteiger partial charge in [0.15, 0.2) is 0 Å². The summed E-state index contributed by atoms with van der Waals surface area (Å²) in [5, 5.41) is 0. The Bertz CT molecular complexity index is 465. The first kappa shape index (κ1) is 19.1. The summed E-state index contributed by atoms with van der Waals surface area (Å²) in [5.41, 5.74) is 2.06. The quantitative estimate of drug-likeness (QED) is 0.208. The van der Waals surface area contributed by atoms with Crippen LogP contribution in [0.5, 0.6) is 0 Å². The van der Waals surface area contributed by atoms with Crippen LogP contribution in [0, 0.1) is 5.92 Å². The van der Waals surface area contributed by atoms with Gasteiger partial charge in [-0.3, -0.25) is 4.79 Å². The summed E-state index contributed by atoms with van der Waals surface area (Å²) in [7, 11) is 1.64. The van der Waals surface area contributed by atoms with E-state index in [1.165, 1.54) is 6.08 Å². The molecule has 0 aromatic carbocycles. The van der Waals surface area contributed by atoms with Gasteiger partial charge in [0.25, 0.3) is 0 Å². The van der Waals surface area contributed by atoms with Gasteiger partial charge in [0.1, 0.15) is 17.8 Å². The smallest absolute Gasteiger partial charge is 0.142 e. The van der Waals surface area contributed by atoms with Gasteiger partial charge in [0, 0.05) is 7.11 Å². The predicted octanol–water partition coefficient (Wildman–Crippen LogP) is 4.35. The lowest BCUT2D eigenvalue weighted by atomic mass is 9.98. The fraction of sp³-hybridized carbons (Fsp3) is 0.389. The van der Waals surface area contributed by atoms with Crippen molar-refractivity contribution in [3.63, 3.8) is 0 Å². The average Bonchev–Trinajstić information content (AvgIpc) is 2.45. The Morgan fingerprint density at radius 2 is 1.95 bits per heavy atom. The van der Waals surface area contributed by atoms with Gasteiger partial charge in [0.05, 0.1) is 12.5 Å². The molecule has 0 saturated heterocycles. The number of methoxy groups -OCH3 is 1. The summed E-state index contributed by atoms with van der Waals surface area (Å²) in [5.74, 6) is 1.22. The summed E-state index contributed by atoms with van der Waals surface area (Å²) in [6, 6.07) is 0. The zero-order valence-electron chi connectivity index (χ0n) is 13.7. The van der Waals surface area contributed by atoms with E-state index in [0.29, 0.717) is 12.4 Å². The van der Waals surface area contributed by atoms with Crippen molar-refractivity contribution in [2.45, 2.75) is 27.7 Å². The number of rotatable bonds is 9. The molecule has 1 unspecified atom stereocenters. The van der Waals surface area contributed by atoms with Gasteiger partial charge in [-0.15, -0.1) is 0 Å². The molecule has 0 heterocycles. The third-order valence-electron chi connectivity index (χ3n) is 3.05. The molecule has 0 aromatic rings. The van der Waals surface area contributed by atoms with E-state index in [1.54, 1.807) is 13.2 Å². The van der Waals surface area contributed by atoms with E-state index < -0.39 is 0 Å². The van der Waals surface area contributed by atoms with E-state index in [4.69, 9.17) is 9.47 Å². The van der Waals surface area contributed by atoms with Crippen molar-refractivity contribution in [2.75, 3.05) is 13.7 Å². The van der Waals surface area contributed by atoms with Crippen LogP contribution in [-0.2, 0) is 14.3 Å². The molecule has 3 nitrogen and oxygen atoms in total. The topological polar surface area (TPSA) is 35.5 Å². The molecule has 0 N–H and O–H groups in total. The van der Waals surface area contributed by atoms with Crippen LogP contribution in [0.3, 0.4) is 0 Å². The van der Waals surface area contributed by atoms with Crippen molar-refractivity contribution >= 4 is 6.29 Å². The Labute approximate surface area is 128 Å². The first-order chi connectivity index (χ1) is 9.97. The maximum Gasteiger partial charge on any atom is 0.142 e. The molecule has 0 aliphatic heterocycles. The van der Waals surface area contributed by atoms with Gasteiger partial charge >= 0.3 is 0 Å². The van der Waals surface area contributed by atoms with Crippen LogP contribution in [0.2, 0.25) is 0 Å². The van der Waals surface area contributed by atoms with Crippen molar-refractivity contribution < 1.29 is 14.3 Å². The van der Waals surface area contributed by atoms with E-state index in [9.17, 15) is 4.79 Å². The molecule has 0 spiro atoms. The molecular formula is C18H26O3. The number of hydrogen-bond donors (Lipinski definition) is 0. The van der Waals surface area contributed by atoms with Gasteiger partial charge in [0.2, 0.25) is 0 Å². The van der Waals surface area contributed by atoms with Gasteiger partial charge in [-0.2, -0.15) is 0 Å². The fourth-order valence-electron chi connectivity index (χ4n) is 1.72. The Morgan fingerprint density at radius 1 is 1.29 bits per heavy atom. The molecule has 0 aromatic heterocycles. The van der Waals surface area contributed by atoms with Crippen molar-refractivity contribution in [1.29, 1.82) is 0 Å². The third-order valence-corrected chi connectivity index (χ3v) is 3.05. The molecule has 0 fully saturated rings. The van der Waals surface area contributed by atoms with Crippen LogP contribution < -0.4 is 0 Å². The van der Waals surface area contributed by atoms with Crippen LogP contribution in [-0.4, -0.2) is 20.0 Å². The molecule has 0 amide bonds. The van der Waals surface area contributed by atoms with Crippen molar-refractivity contribution in [3.8, 4) is 0 Å². The molecule has 1 atom stereocenters. The maximum atomic E-state index is 10.6. The SMILES string of the molecule is C=C(O/C(C)=C(C)/C=C\C)C(/C=C/C=O)/C(C)=C/COC. The van der Waals surface area contributed by atoms with Crippen LogP contribution in [0.1, 0.15) is 27.7 Å². The molecular weight excluding hydrogens is 264 g/mol. The highest BCUT2D eigenvalue weighted by Gasteiger charge is 2.14. The largest absolute Gasteiger partial charge is 0.466 e. The molecule has 0 saturated carbocycles. The number of carbonyl (C=O) groups excluding carboxylic acids is 1. The summed E-state index contributed by atoms with van der Waals surface area (Å²) < 4.78 is 10.8. The molecule has 3 heteroatoms. The average molecular weight is 290 g/mol. The first-order valence-electron chi connectivity index (χ1n) is 6.92. The minimum absolute atomic E-state index is 0.154. The van der Waals surface area contributed by atoms with E-state index >= 15 is 0 Å². The lowest BCUT2D eigenvalue weighted by Crippen LogP contribution is -2.06. The summed E-state index contributed by atoms with van der Waals surface area (Å²) >= 11 is 0. The van der Waals surface area contributed by atoms with Crippen LogP contribution in [0.15, 0.2) is 59.6 Å². The Morgan fingerprint density at radius 3 is 2.48 bits per heavy atom. The second-order valence-electron chi connectivity index (χ2n) is 4.71. The number of hydrogen-bond acceptors (Lipinski definition) is 3. The lowest BCUT2D eigenvalue weighted by Gasteiger charge is -2.19. The monoisotopic (exact) mass is 290 g/mol. The molecule has 0 rings (SSSR count). The van der Waals surface area contributed by atoms with Gasteiger partial charge < -0.3 is 9.47 Å². The Balaban J connectivity index is 5.17. The third kappa shape index (κ3) is 7.47. The molecule has 116 valence electrons.